The zero-order chi connectivity index (χ0) is 22.9. The average molecular weight is 425 g/mol. The lowest BCUT2D eigenvalue weighted by Gasteiger charge is -2.21. The Hall–Kier alpha value is -2.35. The van der Waals surface area contributed by atoms with E-state index in [0.717, 1.165) is 11.8 Å². The van der Waals surface area contributed by atoms with E-state index in [1.165, 1.54) is 19.1 Å². The largest absolute Gasteiger partial charge is 0.416 e. The quantitative estimate of drug-likeness (QED) is 0.702. The van der Waals surface area contributed by atoms with Crippen LogP contribution < -0.4 is 5.49 Å². The van der Waals surface area contributed by atoms with Crippen LogP contribution in [0.3, 0.4) is 0 Å². The van der Waals surface area contributed by atoms with E-state index in [-0.39, 0.29) is 22.6 Å². The van der Waals surface area contributed by atoms with Crippen LogP contribution in [0.15, 0.2) is 29.3 Å². The first-order chi connectivity index (χ1) is 13.7. The minimum Gasteiger partial charge on any atom is -0.377 e. The molecule has 0 fully saturated rings. The fraction of sp³-hybridized carbons (Fsp3) is 0.545. The second-order valence-electron chi connectivity index (χ2n) is 8.60. The third kappa shape index (κ3) is 5.41. The Kier molecular flexibility index (Phi) is 7.01. The molecule has 0 atom stereocenters. The van der Waals surface area contributed by atoms with Gasteiger partial charge in [0.25, 0.3) is 5.91 Å². The molecule has 0 aliphatic heterocycles. The van der Waals surface area contributed by atoms with Gasteiger partial charge in [-0.1, -0.05) is 26.8 Å². The SMILES string of the molecule is Cc1c(C(=O)N=c2cc(C(C)(C)C)n(C)n2CCOC(C)C)cccc1C(F)(F)F. The summed E-state index contributed by atoms with van der Waals surface area (Å²) in [5.74, 6) is -0.705. The van der Waals surface area contributed by atoms with Crippen molar-refractivity contribution in [2.24, 2.45) is 12.0 Å². The van der Waals surface area contributed by atoms with Crippen LogP contribution in [-0.2, 0) is 29.9 Å². The van der Waals surface area contributed by atoms with Gasteiger partial charge in [0.15, 0.2) is 5.49 Å². The lowest BCUT2D eigenvalue weighted by Crippen LogP contribution is -2.28. The molecule has 0 radical (unpaired) electrons. The van der Waals surface area contributed by atoms with Gasteiger partial charge in [-0.15, -0.1) is 0 Å². The topological polar surface area (TPSA) is 48.5 Å². The molecule has 0 unspecified atom stereocenters. The van der Waals surface area contributed by atoms with E-state index in [4.69, 9.17) is 4.74 Å². The van der Waals surface area contributed by atoms with Crippen molar-refractivity contribution in [3.63, 3.8) is 0 Å². The molecule has 1 heterocycles. The van der Waals surface area contributed by atoms with Crippen molar-refractivity contribution in [3.05, 3.63) is 52.1 Å². The van der Waals surface area contributed by atoms with Crippen LogP contribution in [0.4, 0.5) is 13.2 Å². The lowest BCUT2D eigenvalue weighted by atomic mass is 9.92. The zero-order valence-corrected chi connectivity index (χ0v) is 18.6. The highest BCUT2D eigenvalue weighted by molar-refractivity contribution is 5.96. The molecule has 0 aliphatic rings. The van der Waals surface area contributed by atoms with Crippen LogP contribution in [0.1, 0.15) is 61.8 Å². The number of hydrogen-bond donors (Lipinski definition) is 0. The number of rotatable bonds is 5. The molecule has 0 aliphatic carbocycles. The number of benzene rings is 1. The first kappa shape index (κ1) is 23.9. The number of ether oxygens (including phenoxy) is 1. The van der Waals surface area contributed by atoms with E-state index in [1.54, 1.807) is 6.07 Å². The normalized spacial score (nSPS) is 13.4. The monoisotopic (exact) mass is 425 g/mol. The van der Waals surface area contributed by atoms with Gasteiger partial charge in [-0.25, -0.2) is 0 Å². The minimum absolute atomic E-state index is 0.0581. The Morgan fingerprint density at radius 3 is 2.37 bits per heavy atom. The zero-order valence-electron chi connectivity index (χ0n) is 18.6. The van der Waals surface area contributed by atoms with Crippen LogP contribution in [-0.4, -0.2) is 28.0 Å². The van der Waals surface area contributed by atoms with Crippen LogP contribution in [0.2, 0.25) is 0 Å². The van der Waals surface area contributed by atoms with Gasteiger partial charge >= 0.3 is 6.18 Å². The molecule has 1 amide bonds. The van der Waals surface area contributed by atoms with Crippen molar-refractivity contribution >= 4 is 5.91 Å². The fourth-order valence-electron chi connectivity index (χ4n) is 3.34. The van der Waals surface area contributed by atoms with Crippen molar-refractivity contribution in [1.29, 1.82) is 0 Å². The summed E-state index contributed by atoms with van der Waals surface area (Å²) in [7, 11) is 1.87. The molecule has 0 bridgehead atoms. The summed E-state index contributed by atoms with van der Waals surface area (Å²) in [5.41, 5.74) is 0.107. The van der Waals surface area contributed by atoms with Crippen LogP contribution in [0.5, 0.6) is 0 Å². The highest BCUT2D eigenvalue weighted by atomic mass is 19.4. The molecule has 0 spiro atoms. The van der Waals surface area contributed by atoms with E-state index < -0.39 is 17.6 Å². The summed E-state index contributed by atoms with van der Waals surface area (Å²) in [6.07, 6.45) is -4.47. The molecule has 1 aromatic heterocycles. The van der Waals surface area contributed by atoms with Crippen molar-refractivity contribution in [2.75, 3.05) is 6.61 Å². The molecular formula is C22H30F3N3O2. The molecule has 2 aromatic rings. The Morgan fingerprint density at radius 1 is 1.20 bits per heavy atom. The number of carbonyl (C=O) groups excluding carboxylic acids is 1. The molecule has 5 nitrogen and oxygen atoms in total. The lowest BCUT2D eigenvalue weighted by molar-refractivity contribution is -0.138. The maximum atomic E-state index is 13.2. The summed E-state index contributed by atoms with van der Waals surface area (Å²) in [6, 6.07) is 5.37. The molecule has 0 saturated heterocycles. The fourth-order valence-corrected chi connectivity index (χ4v) is 3.34. The third-order valence-corrected chi connectivity index (χ3v) is 4.85. The Labute approximate surface area is 175 Å². The number of aromatic nitrogens is 2. The molecule has 166 valence electrons. The summed E-state index contributed by atoms with van der Waals surface area (Å²) in [6.45, 7) is 12.2. The number of amides is 1. The minimum atomic E-state index is -4.53. The van der Waals surface area contributed by atoms with Gasteiger partial charge < -0.3 is 4.74 Å². The van der Waals surface area contributed by atoms with Crippen molar-refractivity contribution in [2.45, 2.75) is 65.8 Å². The molecule has 2 rings (SSSR count). The van der Waals surface area contributed by atoms with Crippen molar-refractivity contribution in [1.82, 2.24) is 9.36 Å². The molecule has 0 saturated carbocycles. The molecular weight excluding hydrogens is 395 g/mol. The summed E-state index contributed by atoms with van der Waals surface area (Å²) >= 11 is 0. The third-order valence-electron chi connectivity index (χ3n) is 4.85. The van der Waals surface area contributed by atoms with Gasteiger partial charge in [0.05, 0.1) is 24.8 Å². The standard InChI is InChI=1S/C22H30F3N3O2/c1-14(2)30-12-11-28-19(13-18(27(28)7)21(4,5)6)26-20(29)16-9-8-10-17(15(16)3)22(23,24)25/h8-10,13-14H,11-12H2,1-7H3. The second kappa shape index (κ2) is 8.79. The number of nitrogens with zero attached hydrogens (tertiary/aromatic N) is 3. The van der Waals surface area contributed by atoms with Gasteiger partial charge in [0, 0.05) is 29.8 Å². The number of alkyl halides is 3. The average Bonchev–Trinajstić information content (AvgIpc) is 2.90. The van der Waals surface area contributed by atoms with E-state index in [1.807, 2.05) is 51.0 Å². The van der Waals surface area contributed by atoms with Gasteiger partial charge in [-0.2, -0.15) is 18.2 Å². The van der Waals surface area contributed by atoms with E-state index in [9.17, 15) is 18.0 Å². The maximum absolute atomic E-state index is 13.2. The van der Waals surface area contributed by atoms with Gasteiger partial charge in [0.2, 0.25) is 0 Å². The van der Waals surface area contributed by atoms with E-state index in [2.05, 4.69) is 4.99 Å². The highest BCUT2D eigenvalue weighted by Crippen LogP contribution is 2.33. The Morgan fingerprint density at radius 2 is 1.83 bits per heavy atom. The molecule has 1 aromatic carbocycles. The number of hydrogen-bond acceptors (Lipinski definition) is 2. The predicted octanol–water partition coefficient (Wildman–Crippen LogP) is 4.62. The van der Waals surface area contributed by atoms with Gasteiger partial charge in [0.1, 0.15) is 0 Å². The smallest absolute Gasteiger partial charge is 0.377 e. The van der Waals surface area contributed by atoms with Crippen LogP contribution in [0.25, 0.3) is 0 Å². The van der Waals surface area contributed by atoms with E-state index >= 15 is 0 Å². The predicted molar refractivity (Wildman–Crippen MR) is 109 cm³/mol. The summed E-state index contributed by atoms with van der Waals surface area (Å²) in [4.78, 5) is 17.0. The van der Waals surface area contributed by atoms with Crippen molar-refractivity contribution in [3.8, 4) is 0 Å². The Balaban J connectivity index is 2.55. The van der Waals surface area contributed by atoms with Gasteiger partial charge in [-0.05, 0) is 38.5 Å². The van der Waals surface area contributed by atoms with Crippen LogP contribution in [0, 0.1) is 6.92 Å². The first-order valence-electron chi connectivity index (χ1n) is 9.88. The second-order valence-corrected chi connectivity index (χ2v) is 8.60. The summed E-state index contributed by atoms with van der Waals surface area (Å²) in [5, 5.41) is 0. The molecule has 0 N–H and O–H groups in total. The van der Waals surface area contributed by atoms with E-state index in [0.29, 0.717) is 18.6 Å². The first-order valence-corrected chi connectivity index (χ1v) is 9.88. The Bertz CT molecular complexity index is 977. The molecule has 30 heavy (non-hydrogen) atoms. The van der Waals surface area contributed by atoms with Crippen LogP contribution >= 0.6 is 0 Å². The summed E-state index contributed by atoms with van der Waals surface area (Å²) < 4.78 is 49.0. The van der Waals surface area contributed by atoms with Gasteiger partial charge in [-0.3, -0.25) is 14.2 Å². The molecule has 8 heteroatoms. The van der Waals surface area contributed by atoms with Crippen molar-refractivity contribution < 1.29 is 22.7 Å². The highest BCUT2D eigenvalue weighted by Gasteiger charge is 2.33. The number of carbonyl (C=O) groups is 1. The number of halogens is 3. The maximum Gasteiger partial charge on any atom is 0.416 e.